The van der Waals surface area contributed by atoms with Crippen LogP contribution in [0.5, 0.6) is 0 Å². The van der Waals surface area contributed by atoms with E-state index < -0.39 is 5.97 Å². The van der Waals surface area contributed by atoms with Crippen molar-refractivity contribution in [3.05, 3.63) is 17.5 Å². The predicted octanol–water partition coefficient (Wildman–Crippen LogP) is 1.32. The Kier molecular flexibility index (Phi) is 5.71. The summed E-state index contributed by atoms with van der Waals surface area (Å²) in [5.41, 5.74) is 6.82. The maximum Gasteiger partial charge on any atom is 0.339 e. The first-order valence-corrected chi connectivity index (χ1v) is 6.97. The largest absolute Gasteiger partial charge is 0.478 e. The van der Waals surface area contributed by atoms with Gasteiger partial charge in [-0.2, -0.15) is 5.10 Å². The maximum atomic E-state index is 11.2. The molecular weight excluding hydrogens is 256 g/mol. The Morgan fingerprint density at radius 1 is 1.55 bits per heavy atom. The molecule has 0 aliphatic carbocycles. The van der Waals surface area contributed by atoms with Crippen molar-refractivity contribution in [2.75, 3.05) is 19.6 Å². The van der Waals surface area contributed by atoms with Crippen molar-refractivity contribution in [3.8, 4) is 0 Å². The van der Waals surface area contributed by atoms with Crippen LogP contribution in [0.3, 0.4) is 0 Å². The maximum absolute atomic E-state index is 11.2. The van der Waals surface area contributed by atoms with Gasteiger partial charge in [0.15, 0.2) is 0 Å². The highest BCUT2D eigenvalue weighted by Crippen LogP contribution is 2.18. The smallest absolute Gasteiger partial charge is 0.339 e. The molecule has 1 aromatic heterocycles. The SMILES string of the molecule is CCCN(Cc1c(C(=O)O)cnn1C)CC(C)(C)CN. The first-order chi connectivity index (χ1) is 9.30. The molecule has 0 aliphatic heterocycles. The Balaban J connectivity index is 2.90. The fourth-order valence-electron chi connectivity index (χ4n) is 2.24. The van der Waals surface area contributed by atoms with Crippen LogP contribution >= 0.6 is 0 Å². The number of nitrogens with two attached hydrogens (primary N) is 1. The highest BCUT2D eigenvalue weighted by Gasteiger charge is 2.23. The van der Waals surface area contributed by atoms with Crippen molar-refractivity contribution >= 4 is 5.97 Å². The second-order valence-electron chi connectivity index (χ2n) is 6.01. The van der Waals surface area contributed by atoms with Gasteiger partial charge in [-0.15, -0.1) is 0 Å². The highest BCUT2D eigenvalue weighted by atomic mass is 16.4. The van der Waals surface area contributed by atoms with Gasteiger partial charge in [-0.3, -0.25) is 9.58 Å². The first-order valence-electron chi connectivity index (χ1n) is 6.97. The predicted molar refractivity (Wildman–Crippen MR) is 78.6 cm³/mol. The summed E-state index contributed by atoms with van der Waals surface area (Å²) in [6, 6.07) is 0. The van der Waals surface area contributed by atoms with Crippen LogP contribution in [-0.2, 0) is 13.6 Å². The Bertz CT molecular complexity index is 454. The number of hydrogen-bond acceptors (Lipinski definition) is 4. The molecule has 3 N–H and O–H groups in total. The van der Waals surface area contributed by atoms with Crippen molar-refractivity contribution in [3.63, 3.8) is 0 Å². The van der Waals surface area contributed by atoms with E-state index in [2.05, 4.69) is 30.8 Å². The summed E-state index contributed by atoms with van der Waals surface area (Å²) in [4.78, 5) is 13.5. The van der Waals surface area contributed by atoms with Crippen LogP contribution in [0, 0.1) is 5.41 Å². The number of carboxylic acids is 1. The van der Waals surface area contributed by atoms with Crippen molar-refractivity contribution in [1.82, 2.24) is 14.7 Å². The molecule has 1 aromatic rings. The average Bonchev–Trinajstić information content (AvgIpc) is 2.71. The molecule has 0 amide bonds. The lowest BCUT2D eigenvalue weighted by atomic mass is 9.93. The lowest BCUT2D eigenvalue weighted by Crippen LogP contribution is -2.39. The van der Waals surface area contributed by atoms with E-state index in [1.807, 2.05) is 0 Å². The number of carboxylic acid groups (broad SMARTS) is 1. The van der Waals surface area contributed by atoms with Gasteiger partial charge in [0, 0.05) is 20.1 Å². The molecule has 0 bridgehead atoms. The van der Waals surface area contributed by atoms with E-state index in [1.54, 1.807) is 11.7 Å². The molecule has 0 saturated carbocycles. The molecule has 20 heavy (non-hydrogen) atoms. The molecule has 0 radical (unpaired) electrons. The van der Waals surface area contributed by atoms with E-state index in [0.29, 0.717) is 13.1 Å². The average molecular weight is 282 g/mol. The van der Waals surface area contributed by atoms with Crippen LogP contribution in [-0.4, -0.2) is 45.4 Å². The zero-order chi connectivity index (χ0) is 15.3. The Morgan fingerprint density at radius 3 is 2.70 bits per heavy atom. The number of hydrogen-bond donors (Lipinski definition) is 2. The van der Waals surface area contributed by atoms with Gasteiger partial charge in [0.2, 0.25) is 0 Å². The third-order valence-corrected chi connectivity index (χ3v) is 3.41. The molecule has 0 spiro atoms. The van der Waals surface area contributed by atoms with Crippen molar-refractivity contribution < 1.29 is 9.90 Å². The van der Waals surface area contributed by atoms with Crippen LogP contribution in [0.2, 0.25) is 0 Å². The summed E-state index contributed by atoms with van der Waals surface area (Å²) in [6.07, 6.45) is 2.43. The molecule has 1 heterocycles. The number of carbonyl (C=O) groups is 1. The molecule has 114 valence electrons. The standard InChI is InChI=1S/C14H26N4O2/c1-5-6-18(10-14(2,3)9-15)8-12-11(13(19)20)7-16-17(12)4/h7H,5-6,8-10,15H2,1-4H3,(H,19,20). The monoisotopic (exact) mass is 282 g/mol. The molecule has 0 unspecified atom stereocenters. The van der Waals surface area contributed by atoms with E-state index in [1.165, 1.54) is 6.20 Å². The van der Waals surface area contributed by atoms with E-state index in [-0.39, 0.29) is 11.0 Å². The van der Waals surface area contributed by atoms with Gasteiger partial charge in [-0.25, -0.2) is 4.79 Å². The number of nitrogens with zero attached hydrogens (tertiary/aromatic N) is 3. The number of aromatic nitrogens is 2. The minimum atomic E-state index is -0.928. The quantitative estimate of drug-likeness (QED) is 0.751. The number of aryl methyl sites for hydroxylation is 1. The summed E-state index contributed by atoms with van der Waals surface area (Å²) in [5.74, 6) is -0.928. The van der Waals surface area contributed by atoms with Gasteiger partial charge in [0.1, 0.15) is 5.56 Å². The number of aromatic carboxylic acids is 1. The van der Waals surface area contributed by atoms with Crippen LogP contribution < -0.4 is 5.73 Å². The van der Waals surface area contributed by atoms with Crippen molar-refractivity contribution in [1.29, 1.82) is 0 Å². The third kappa shape index (κ3) is 4.31. The summed E-state index contributed by atoms with van der Waals surface area (Å²) < 4.78 is 1.64. The molecule has 0 saturated heterocycles. The zero-order valence-electron chi connectivity index (χ0n) is 12.9. The molecule has 1 rings (SSSR count). The molecule has 0 aliphatic rings. The van der Waals surface area contributed by atoms with Crippen LogP contribution in [0.25, 0.3) is 0 Å². The summed E-state index contributed by atoms with van der Waals surface area (Å²) in [6.45, 7) is 9.28. The normalized spacial score (nSPS) is 12.1. The van der Waals surface area contributed by atoms with Crippen LogP contribution in [0.1, 0.15) is 43.2 Å². The molecule has 6 nitrogen and oxygen atoms in total. The van der Waals surface area contributed by atoms with Gasteiger partial charge in [0.25, 0.3) is 0 Å². The zero-order valence-corrected chi connectivity index (χ0v) is 12.9. The van der Waals surface area contributed by atoms with E-state index in [0.717, 1.165) is 25.2 Å². The van der Waals surface area contributed by atoms with E-state index in [4.69, 9.17) is 5.73 Å². The van der Waals surface area contributed by atoms with Crippen LogP contribution in [0.4, 0.5) is 0 Å². The molecule has 0 atom stereocenters. The number of rotatable bonds is 8. The van der Waals surface area contributed by atoms with E-state index >= 15 is 0 Å². The summed E-state index contributed by atoms with van der Waals surface area (Å²) in [5, 5.41) is 13.3. The van der Waals surface area contributed by atoms with Gasteiger partial charge >= 0.3 is 5.97 Å². The highest BCUT2D eigenvalue weighted by molar-refractivity contribution is 5.88. The Labute approximate surface area is 120 Å². The molecule has 6 heteroatoms. The Morgan fingerprint density at radius 2 is 2.20 bits per heavy atom. The fourth-order valence-corrected chi connectivity index (χ4v) is 2.24. The fraction of sp³-hybridized carbons (Fsp3) is 0.714. The molecule has 0 fully saturated rings. The van der Waals surface area contributed by atoms with Crippen LogP contribution in [0.15, 0.2) is 6.20 Å². The lowest BCUT2D eigenvalue weighted by molar-refractivity contribution is 0.0693. The topological polar surface area (TPSA) is 84.4 Å². The second-order valence-corrected chi connectivity index (χ2v) is 6.01. The summed E-state index contributed by atoms with van der Waals surface area (Å²) >= 11 is 0. The Hall–Kier alpha value is -1.40. The minimum Gasteiger partial charge on any atom is -0.478 e. The second kappa shape index (κ2) is 6.85. The van der Waals surface area contributed by atoms with E-state index in [9.17, 15) is 9.90 Å². The molecule has 0 aromatic carbocycles. The van der Waals surface area contributed by atoms with Crippen molar-refractivity contribution in [2.24, 2.45) is 18.2 Å². The van der Waals surface area contributed by atoms with Gasteiger partial charge in [-0.1, -0.05) is 20.8 Å². The molecular formula is C14H26N4O2. The van der Waals surface area contributed by atoms with Gasteiger partial charge < -0.3 is 10.8 Å². The minimum absolute atomic E-state index is 0.0111. The summed E-state index contributed by atoms with van der Waals surface area (Å²) in [7, 11) is 1.78. The first kappa shape index (κ1) is 16.7. The van der Waals surface area contributed by atoms with Gasteiger partial charge in [-0.05, 0) is 24.9 Å². The van der Waals surface area contributed by atoms with Crippen molar-refractivity contribution in [2.45, 2.75) is 33.7 Å². The lowest BCUT2D eigenvalue weighted by Gasteiger charge is -2.31. The van der Waals surface area contributed by atoms with Gasteiger partial charge in [0.05, 0.1) is 11.9 Å². The third-order valence-electron chi connectivity index (χ3n) is 3.41.